The van der Waals surface area contributed by atoms with Crippen LogP contribution in [0.15, 0.2) is 24.4 Å². The van der Waals surface area contributed by atoms with Gasteiger partial charge in [0.1, 0.15) is 18.1 Å². The van der Waals surface area contributed by atoms with Crippen LogP contribution in [0.25, 0.3) is 0 Å². The minimum absolute atomic E-state index is 0.0401. The van der Waals surface area contributed by atoms with E-state index in [0.717, 1.165) is 6.07 Å². The molecule has 1 aromatic carbocycles. The minimum atomic E-state index is -0.712. The summed E-state index contributed by atoms with van der Waals surface area (Å²) in [6.07, 6.45) is 1.27. The van der Waals surface area contributed by atoms with Crippen molar-refractivity contribution in [3.63, 3.8) is 0 Å². The number of halogens is 2. The van der Waals surface area contributed by atoms with Gasteiger partial charge in [0.25, 0.3) is 0 Å². The highest BCUT2D eigenvalue weighted by Gasteiger charge is 2.12. The predicted molar refractivity (Wildman–Crippen MR) is 75.3 cm³/mol. The Morgan fingerprint density at radius 1 is 1.57 bits per heavy atom. The minimum Gasteiger partial charge on any atom is -0.387 e. The number of hydrogen-bond donors (Lipinski definition) is 2. The molecule has 21 heavy (non-hydrogen) atoms. The molecule has 2 aromatic rings. The molecule has 112 valence electrons. The van der Waals surface area contributed by atoms with Crippen LogP contribution in [-0.4, -0.2) is 26.0 Å². The SMILES string of the molecule is CCC(O)c1cn(CC(=O)Nc2ccc(Cl)cc2F)nn1. The summed E-state index contributed by atoms with van der Waals surface area (Å²) in [7, 11) is 0. The molecule has 0 saturated carbocycles. The smallest absolute Gasteiger partial charge is 0.246 e. The number of carbonyl (C=O) groups excluding carboxylic acids is 1. The lowest BCUT2D eigenvalue weighted by molar-refractivity contribution is -0.117. The largest absolute Gasteiger partial charge is 0.387 e. The highest BCUT2D eigenvalue weighted by molar-refractivity contribution is 6.30. The van der Waals surface area contributed by atoms with Crippen molar-refractivity contribution in [1.82, 2.24) is 15.0 Å². The first-order valence-electron chi connectivity index (χ1n) is 6.32. The van der Waals surface area contributed by atoms with Crippen LogP contribution in [0.3, 0.4) is 0 Å². The van der Waals surface area contributed by atoms with Gasteiger partial charge in [-0.2, -0.15) is 0 Å². The van der Waals surface area contributed by atoms with Gasteiger partial charge in [-0.1, -0.05) is 23.7 Å². The number of nitrogens with zero attached hydrogens (tertiary/aromatic N) is 3. The molecule has 0 bridgehead atoms. The van der Waals surface area contributed by atoms with E-state index in [2.05, 4.69) is 15.6 Å². The van der Waals surface area contributed by atoms with Gasteiger partial charge in [0, 0.05) is 5.02 Å². The van der Waals surface area contributed by atoms with Gasteiger partial charge in [-0.25, -0.2) is 9.07 Å². The number of nitrogens with one attached hydrogen (secondary N) is 1. The van der Waals surface area contributed by atoms with Crippen molar-refractivity contribution in [3.05, 3.63) is 40.9 Å². The Labute approximate surface area is 125 Å². The monoisotopic (exact) mass is 312 g/mol. The van der Waals surface area contributed by atoms with E-state index in [0.29, 0.717) is 12.1 Å². The molecule has 0 saturated heterocycles. The Balaban J connectivity index is 2.00. The van der Waals surface area contributed by atoms with E-state index in [-0.39, 0.29) is 17.3 Å². The highest BCUT2D eigenvalue weighted by Crippen LogP contribution is 2.19. The van der Waals surface area contributed by atoms with Crippen LogP contribution >= 0.6 is 11.6 Å². The number of carbonyl (C=O) groups is 1. The summed E-state index contributed by atoms with van der Waals surface area (Å²) in [5, 5.41) is 19.8. The summed E-state index contributed by atoms with van der Waals surface area (Å²) in [4.78, 5) is 11.8. The summed E-state index contributed by atoms with van der Waals surface area (Å²) in [6, 6.07) is 3.97. The Morgan fingerprint density at radius 3 is 3.00 bits per heavy atom. The van der Waals surface area contributed by atoms with E-state index in [1.807, 2.05) is 0 Å². The number of amides is 1. The second-order valence-electron chi connectivity index (χ2n) is 4.44. The molecular weight excluding hydrogens is 299 g/mol. The average Bonchev–Trinajstić information content (AvgIpc) is 2.89. The standard InChI is InChI=1S/C13H14ClFN4O2/c1-2-12(20)11-6-19(18-17-11)7-13(21)16-10-4-3-8(14)5-9(10)15/h3-6,12,20H,2,7H2,1H3,(H,16,21). The number of hydrogen-bond acceptors (Lipinski definition) is 4. The number of aromatic nitrogens is 3. The van der Waals surface area contributed by atoms with E-state index in [1.165, 1.54) is 23.0 Å². The van der Waals surface area contributed by atoms with Crippen molar-refractivity contribution in [2.24, 2.45) is 0 Å². The molecule has 1 atom stereocenters. The van der Waals surface area contributed by atoms with Gasteiger partial charge >= 0.3 is 0 Å². The van der Waals surface area contributed by atoms with E-state index >= 15 is 0 Å². The van der Waals surface area contributed by atoms with Gasteiger partial charge < -0.3 is 10.4 Å². The maximum atomic E-state index is 13.5. The summed E-state index contributed by atoms with van der Waals surface area (Å²) in [6.45, 7) is 1.67. The third-order valence-corrected chi connectivity index (χ3v) is 3.03. The zero-order valence-electron chi connectivity index (χ0n) is 11.3. The molecule has 0 aliphatic carbocycles. The molecular formula is C13H14ClFN4O2. The normalized spacial score (nSPS) is 12.2. The van der Waals surface area contributed by atoms with Gasteiger partial charge in [0.15, 0.2) is 0 Å². The third kappa shape index (κ3) is 3.99. The lowest BCUT2D eigenvalue weighted by Crippen LogP contribution is -2.19. The third-order valence-electron chi connectivity index (χ3n) is 2.80. The Morgan fingerprint density at radius 2 is 2.33 bits per heavy atom. The quantitative estimate of drug-likeness (QED) is 0.886. The summed E-state index contributed by atoms with van der Waals surface area (Å²) in [5.74, 6) is -1.07. The summed E-state index contributed by atoms with van der Waals surface area (Å²) in [5.41, 5.74) is 0.432. The van der Waals surface area contributed by atoms with Crippen LogP contribution in [-0.2, 0) is 11.3 Å². The summed E-state index contributed by atoms with van der Waals surface area (Å²) < 4.78 is 14.8. The Bertz CT molecular complexity index is 647. The van der Waals surface area contributed by atoms with Gasteiger partial charge in [-0.3, -0.25) is 4.79 Å². The van der Waals surface area contributed by atoms with Gasteiger partial charge in [-0.15, -0.1) is 5.10 Å². The second kappa shape index (κ2) is 6.64. The van der Waals surface area contributed by atoms with Crippen LogP contribution in [0.2, 0.25) is 5.02 Å². The first kappa shape index (κ1) is 15.4. The lowest BCUT2D eigenvalue weighted by atomic mass is 10.2. The van der Waals surface area contributed by atoms with Gasteiger partial charge in [-0.05, 0) is 24.6 Å². The molecule has 0 aliphatic rings. The molecule has 0 aliphatic heterocycles. The van der Waals surface area contributed by atoms with Crippen molar-refractivity contribution in [2.45, 2.75) is 26.0 Å². The number of aliphatic hydroxyl groups excluding tert-OH is 1. The van der Waals surface area contributed by atoms with E-state index in [1.54, 1.807) is 6.92 Å². The molecule has 1 heterocycles. The van der Waals surface area contributed by atoms with Gasteiger partial charge in [0.05, 0.1) is 18.0 Å². The first-order chi connectivity index (χ1) is 9.99. The number of benzene rings is 1. The Kier molecular flexibility index (Phi) is 4.87. The van der Waals surface area contributed by atoms with Crippen LogP contribution in [0, 0.1) is 5.82 Å². The molecule has 1 aromatic heterocycles. The lowest BCUT2D eigenvalue weighted by Gasteiger charge is -2.06. The maximum Gasteiger partial charge on any atom is 0.246 e. The molecule has 1 amide bonds. The zero-order chi connectivity index (χ0) is 15.4. The molecule has 8 heteroatoms. The fraction of sp³-hybridized carbons (Fsp3) is 0.308. The molecule has 2 N–H and O–H groups in total. The van der Waals surface area contributed by atoms with Crippen molar-refractivity contribution in [2.75, 3.05) is 5.32 Å². The first-order valence-corrected chi connectivity index (χ1v) is 6.70. The van der Waals surface area contributed by atoms with Gasteiger partial charge in [0.2, 0.25) is 5.91 Å². The highest BCUT2D eigenvalue weighted by atomic mass is 35.5. The van der Waals surface area contributed by atoms with Crippen molar-refractivity contribution in [1.29, 1.82) is 0 Å². The number of rotatable bonds is 5. The van der Waals surface area contributed by atoms with E-state index in [4.69, 9.17) is 11.6 Å². The molecule has 2 rings (SSSR count). The van der Waals surface area contributed by atoms with Crippen molar-refractivity contribution >= 4 is 23.2 Å². The summed E-state index contributed by atoms with van der Waals surface area (Å²) >= 11 is 5.63. The fourth-order valence-corrected chi connectivity index (χ4v) is 1.84. The number of anilines is 1. The Hall–Kier alpha value is -1.99. The van der Waals surface area contributed by atoms with Crippen LogP contribution in [0.5, 0.6) is 0 Å². The number of aliphatic hydroxyl groups is 1. The topological polar surface area (TPSA) is 80.0 Å². The van der Waals surface area contributed by atoms with Crippen molar-refractivity contribution < 1.29 is 14.3 Å². The molecule has 6 nitrogen and oxygen atoms in total. The molecule has 0 spiro atoms. The molecule has 0 fully saturated rings. The van der Waals surface area contributed by atoms with Crippen LogP contribution in [0.4, 0.5) is 10.1 Å². The predicted octanol–water partition coefficient (Wildman–Crippen LogP) is 2.15. The van der Waals surface area contributed by atoms with E-state index < -0.39 is 17.8 Å². The molecule has 0 radical (unpaired) electrons. The average molecular weight is 313 g/mol. The fourth-order valence-electron chi connectivity index (χ4n) is 1.68. The molecule has 1 unspecified atom stereocenters. The van der Waals surface area contributed by atoms with Crippen molar-refractivity contribution in [3.8, 4) is 0 Å². The zero-order valence-corrected chi connectivity index (χ0v) is 12.0. The second-order valence-corrected chi connectivity index (χ2v) is 4.87. The van der Waals surface area contributed by atoms with E-state index in [9.17, 15) is 14.3 Å². The maximum absolute atomic E-state index is 13.5. The van der Waals surface area contributed by atoms with Crippen LogP contribution in [0.1, 0.15) is 25.1 Å². The van der Waals surface area contributed by atoms with Crippen LogP contribution < -0.4 is 5.32 Å².